The van der Waals surface area contributed by atoms with E-state index in [0.717, 1.165) is 15.7 Å². The van der Waals surface area contributed by atoms with Gasteiger partial charge in [0.05, 0.1) is 11.3 Å². The first-order valence-electron chi connectivity index (χ1n) is 6.66. The molecule has 1 heterocycles. The molecule has 25 heavy (non-hydrogen) atoms. The number of primary sulfonamides is 1. The third-order valence-electron chi connectivity index (χ3n) is 3.15. The summed E-state index contributed by atoms with van der Waals surface area (Å²) >= 11 is 6.08. The normalized spacial score (nSPS) is 11.5. The van der Waals surface area contributed by atoms with Crippen LogP contribution in [0.4, 0.5) is 15.8 Å². The maximum absolute atomic E-state index is 14.2. The van der Waals surface area contributed by atoms with Crippen LogP contribution in [0, 0.1) is 9.39 Å². The third-order valence-corrected chi connectivity index (χ3v) is 4.97. The van der Waals surface area contributed by atoms with E-state index in [1.165, 1.54) is 0 Å². The Hall–Kier alpha value is -1.70. The standard InChI is InChI=1S/C14H10FIN4O3S2/c15-10-6-11(18-8-3-1-7(16)2-4-8)9(5-12(10)25(17,21)22)13-19-20-14(24)23-13/h1-6,18H,(H,20,24)(H2,17,21,22). The molecule has 0 amide bonds. The second kappa shape index (κ2) is 6.90. The number of halogens is 2. The quantitative estimate of drug-likeness (QED) is 0.381. The van der Waals surface area contributed by atoms with Gasteiger partial charge < -0.3 is 9.73 Å². The lowest BCUT2D eigenvalue weighted by Crippen LogP contribution is -2.14. The number of hydrogen-bond acceptors (Lipinski definition) is 7. The third kappa shape index (κ3) is 4.11. The Balaban J connectivity index is 2.15. The number of thiol groups is 1. The molecule has 0 fully saturated rings. The molecule has 7 nitrogen and oxygen atoms in total. The van der Waals surface area contributed by atoms with E-state index in [4.69, 9.17) is 9.56 Å². The molecule has 0 saturated carbocycles. The van der Waals surface area contributed by atoms with Crippen LogP contribution in [0.2, 0.25) is 0 Å². The van der Waals surface area contributed by atoms with Gasteiger partial charge in [0.2, 0.25) is 10.0 Å². The molecule has 0 aliphatic carbocycles. The summed E-state index contributed by atoms with van der Waals surface area (Å²) < 4.78 is 43.6. The number of anilines is 2. The first-order valence-corrected chi connectivity index (χ1v) is 9.73. The van der Waals surface area contributed by atoms with Gasteiger partial charge in [-0.05, 0) is 59.0 Å². The molecule has 0 saturated heterocycles. The summed E-state index contributed by atoms with van der Waals surface area (Å²) in [6.45, 7) is 0. The summed E-state index contributed by atoms with van der Waals surface area (Å²) in [5, 5.41) is 15.4. The summed E-state index contributed by atoms with van der Waals surface area (Å²) in [7, 11) is -4.27. The van der Waals surface area contributed by atoms with Crippen molar-refractivity contribution in [3.8, 4) is 11.5 Å². The number of aromatic nitrogens is 2. The molecule has 0 unspecified atom stereocenters. The second-order valence-corrected chi connectivity index (χ2v) is 8.05. The van der Waals surface area contributed by atoms with E-state index in [0.29, 0.717) is 5.69 Å². The molecule has 2 aromatic carbocycles. The number of sulfonamides is 1. The number of hydrogen-bond donors (Lipinski definition) is 3. The molecule has 3 rings (SSSR count). The van der Waals surface area contributed by atoms with Gasteiger partial charge in [0.25, 0.3) is 11.1 Å². The Labute approximate surface area is 161 Å². The molecule has 3 N–H and O–H groups in total. The number of rotatable bonds is 4. The van der Waals surface area contributed by atoms with E-state index < -0.39 is 20.7 Å². The zero-order valence-electron chi connectivity index (χ0n) is 12.3. The van der Waals surface area contributed by atoms with Crippen molar-refractivity contribution < 1.29 is 17.2 Å². The molecule has 3 aromatic rings. The van der Waals surface area contributed by atoms with Gasteiger partial charge in [-0.1, -0.05) is 12.6 Å². The molecule has 0 radical (unpaired) electrons. The molecule has 130 valence electrons. The summed E-state index contributed by atoms with van der Waals surface area (Å²) in [4.78, 5) is -0.672. The Morgan fingerprint density at radius 3 is 2.44 bits per heavy atom. The van der Waals surface area contributed by atoms with Crippen LogP contribution in [0.5, 0.6) is 0 Å². The second-order valence-electron chi connectivity index (χ2n) is 4.89. The Bertz CT molecular complexity index is 1040. The van der Waals surface area contributed by atoms with Crippen LogP contribution in [-0.2, 0) is 10.0 Å². The zero-order chi connectivity index (χ0) is 18.2. The highest BCUT2D eigenvalue weighted by atomic mass is 127. The number of nitrogens with one attached hydrogen (secondary N) is 1. The van der Waals surface area contributed by atoms with Crippen molar-refractivity contribution >= 4 is 56.6 Å². The van der Waals surface area contributed by atoms with E-state index >= 15 is 0 Å². The van der Waals surface area contributed by atoms with Gasteiger partial charge in [-0.2, -0.15) is 0 Å². The van der Waals surface area contributed by atoms with Crippen molar-refractivity contribution in [3.05, 3.63) is 45.8 Å². The zero-order valence-corrected chi connectivity index (χ0v) is 16.1. The SMILES string of the molecule is NS(=O)(=O)c1cc(-c2nnc(S)o2)c(Nc2ccc(I)cc2)cc1F. The van der Waals surface area contributed by atoms with E-state index in [1.54, 1.807) is 12.1 Å². The van der Waals surface area contributed by atoms with E-state index in [2.05, 4.69) is 50.7 Å². The van der Waals surface area contributed by atoms with Gasteiger partial charge in [-0.3, -0.25) is 0 Å². The average molecular weight is 492 g/mol. The molecule has 0 atom stereocenters. The number of nitrogens with zero attached hydrogens (tertiary/aromatic N) is 2. The smallest absolute Gasteiger partial charge is 0.273 e. The molecule has 0 aliphatic heterocycles. The molecular formula is C14H10FIN4O3S2. The van der Waals surface area contributed by atoms with E-state index in [9.17, 15) is 12.8 Å². The molecule has 11 heteroatoms. The van der Waals surface area contributed by atoms with Crippen molar-refractivity contribution in [1.29, 1.82) is 0 Å². The highest BCUT2D eigenvalue weighted by molar-refractivity contribution is 14.1. The highest BCUT2D eigenvalue weighted by Crippen LogP contribution is 2.33. The fourth-order valence-electron chi connectivity index (χ4n) is 2.06. The van der Waals surface area contributed by atoms with Gasteiger partial charge in [0.1, 0.15) is 10.7 Å². The summed E-state index contributed by atoms with van der Waals surface area (Å²) in [5.74, 6) is -1.02. The molecule has 0 bridgehead atoms. The van der Waals surface area contributed by atoms with Crippen LogP contribution < -0.4 is 10.5 Å². The Kier molecular flexibility index (Phi) is 4.99. The maximum atomic E-state index is 14.2. The van der Waals surface area contributed by atoms with E-state index in [1.807, 2.05) is 12.1 Å². The predicted octanol–water partition coefficient (Wildman–Crippen LogP) is 3.16. The highest BCUT2D eigenvalue weighted by Gasteiger charge is 2.21. The Morgan fingerprint density at radius 1 is 1.20 bits per heavy atom. The van der Waals surface area contributed by atoms with Gasteiger partial charge in [-0.15, -0.1) is 10.2 Å². The van der Waals surface area contributed by atoms with Crippen molar-refractivity contribution in [2.45, 2.75) is 10.1 Å². The largest absolute Gasteiger partial charge is 0.411 e. The molecule has 0 spiro atoms. The van der Waals surface area contributed by atoms with Gasteiger partial charge in [0.15, 0.2) is 0 Å². The number of benzene rings is 2. The van der Waals surface area contributed by atoms with E-state index in [-0.39, 0.29) is 22.4 Å². The van der Waals surface area contributed by atoms with Crippen LogP contribution >= 0.6 is 35.2 Å². The van der Waals surface area contributed by atoms with Crippen LogP contribution in [0.3, 0.4) is 0 Å². The van der Waals surface area contributed by atoms with Crippen LogP contribution in [-0.4, -0.2) is 18.6 Å². The summed E-state index contributed by atoms with van der Waals surface area (Å²) in [6.07, 6.45) is 0. The first kappa shape index (κ1) is 18.1. The molecule has 1 aromatic heterocycles. The first-order chi connectivity index (χ1) is 11.7. The van der Waals surface area contributed by atoms with Crippen molar-refractivity contribution in [1.82, 2.24) is 10.2 Å². The fourth-order valence-corrected chi connectivity index (χ4v) is 3.17. The topological polar surface area (TPSA) is 111 Å². The van der Waals surface area contributed by atoms with Crippen LogP contribution in [0.15, 0.2) is 50.9 Å². The van der Waals surface area contributed by atoms with Crippen molar-refractivity contribution in [2.75, 3.05) is 5.32 Å². The monoisotopic (exact) mass is 492 g/mol. The number of nitrogens with two attached hydrogens (primary N) is 1. The van der Waals surface area contributed by atoms with Crippen molar-refractivity contribution in [3.63, 3.8) is 0 Å². The average Bonchev–Trinajstić information content (AvgIpc) is 2.95. The summed E-state index contributed by atoms with van der Waals surface area (Å²) in [5.41, 5.74) is 1.08. The van der Waals surface area contributed by atoms with Crippen molar-refractivity contribution in [2.24, 2.45) is 5.14 Å². The van der Waals surface area contributed by atoms with Gasteiger partial charge >= 0.3 is 0 Å². The Morgan fingerprint density at radius 2 is 1.88 bits per heavy atom. The van der Waals surface area contributed by atoms with Gasteiger partial charge in [0, 0.05) is 9.26 Å². The predicted molar refractivity (Wildman–Crippen MR) is 101 cm³/mol. The van der Waals surface area contributed by atoms with Gasteiger partial charge in [-0.25, -0.2) is 17.9 Å². The summed E-state index contributed by atoms with van der Waals surface area (Å²) in [6, 6.07) is 9.34. The fraction of sp³-hybridized carbons (Fsp3) is 0. The molecular weight excluding hydrogens is 482 g/mol. The van der Waals surface area contributed by atoms with Crippen LogP contribution in [0.25, 0.3) is 11.5 Å². The minimum absolute atomic E-state index is 0.0169. The maximum Gasteiger partial charge on any atom is 0.273 e. The van der Waals surface area contributed by atoms with Crippen LogP contribution in [0.1, 0.15) is 0 Å². The lowest BCUT2D eigenvalue weighted by Gasteiger charge is -2.12. The minimum Gasteiger partial charge on any atom is -0.411 e. The minimum atomic E-state index is -4.27. The lowest BCUT2D eigenvalue weighted by molar-refractivity contribution is 0.468. The lowest BCUT2D eigenvalue weighted by atomic mass is 10.1. The molecule has 0 aliphatic rings.